The molecule has 4 nitrogen and oxygen atoms in total. The second-order valence-electron chi connectivity index (χ2n) is 3.00. The zero-order chi connectivity index (χ0) is 12.4. The number of nitrogens with zero attached hydrogens (tertiary/aromatic N) is 3. The SMILES string of the molecule is Fc1cc(F)cc(Nc2nc(Cl)nnc2Cl)c1. The van der Waals surface area contributed by atoms with Crippen LogP contribution in [0.5, 0.6) is 0 Å². The van der Waals surface area contributed by atoms with Crippen molar-refractivity contribution in [2.75, 3.05) is 5.32 Å². The molecule has 0 saturated carbocycles. The molecule has 0 amide bonds. The Kier molecular flexibility index (Phi) is 3.35. The van der Waals surface area contributed by atoms with Gasteiger partial charge in [-0.2, -0.15) is 4.98 Å². The highest BCUT2D eigenvalue weighted by molar-refractivity contribution is 6.32. The summed E-state index contributed by atoms with van der Waals surface area (Å²) in [5.74, 6) is -1.38. The lowest BCUT2D eigenvalue weighted by Crippen LogP contribution is -1.99. The van der Waals surface area contributed by atoms with Crippen LogP contribution >= 0.6 is 23.2 Å². The summed E-state index contributed by atoms with van der Waals surface area (Å²) in [7, 11) is 0. The Morgan fingerprint density at radius 1 is 1.00 bits per heavy atom. The number of nitrogens with one attached hydrogen (secondary N) is 1. The van der Waals surface area contributed by atoms with Crippen LogP contribution in [0.25, 0.3) is 0 Å². The van der Waals surface area contributed by atoms with Gasteiger partial charge >= 0.3 is 0 Å². The highest BCUT2D eigenvalue weighted by Gasteiger charge is 2.08. The van der Waals surface area contributed by atoms with Gasteiger partial charge in [0.1, 0.15) is 11.6 Å². The molecule has 0 aliphatic heterocycles. The largest absolute Gasteiger partial charge is 0.337 e. The molecule has 1 N–H and O–H groups in total. The summed E-state index contributed by atoms with van der Waals surface area (Å²) >= 11 is 11.2. The molecule has 0 aliphatic carbocycles. The number of hydrogen-bond acceptors (Lipinski definition) is 4. The Morgan fingerprint density at radius 2 is 1.65 bits per heavy atom. The second kappa shape index (κ2) is 4.77. The molecule has 0 saturated heterocycles. The van der Waals surface area contributed by atoms with Gasteiger partial charge in [0.05, 0.1) is 0 Å². The number of rotatable bonds is 2. The molecular formula is C9H4Cl2F2N4. The first-order valence-corrected chi connectivity index (χ1v) is 5.09. The average molecular weight is 277 g/mol. The van der Waals surface area contributed by atoms with Gasteiger partial charge in [-0.15, -0.1) is 10.2 Å². The first kappa shape index (κ1) is 11.9. The van der Waals surface area contributed by atoms with Gasteiger partial charge in [-0.1, -0.05) is 11.6 Å². The minimum absolute atomic E-state index is 0.0564. The maximum Gasteiger partial charge on any atom is 0.245 e. The highest BCUT2D eigenvalue weighted by Crippen LogP contribution is 2.22. The van der Waals surface area contributed by atoms with Crippen LogP contribution < -0.4 is 5.32 Å². The van der Waals surface area contributed by atoms with Crippen LogP contribution in [0.1, 0.15) is 0 Å². The van der Waals surface area contributed by atoms with E-state index >= 15 is 0 Å². The van der Waals surface area contributed by atoms with Crippen molar-refractivity contribution in [3.8, 4) is 0 Å². The molecule has 2 rings (SSSR count). The fraction of sp³-hybridized carbons (Fsp3) is 0. The van der Waals surface area contributed by atoms with Gasteiger partial charge in [-0.05, 0) is 23.7 Å². The van der Waals surface area contributed by atoms with Crippen molar-refractivity contribution in [2.45, 2.75) is 0 Å². The Bertz CT molecular complexity index is 544. The Morgan fingerprint density at radius 3 is 2.29 bits per heavy atom. The molecular weight excluding hydrogens is 273 g/mol. The summed E-state index contributed by atoms with van der Waals surface area (Å²) in [6.45, 7) is 0. The van der Waals surface area contributed by atoms with E-state index in [1.165, 1.54) is 0 Å². The third-order valence-corrected chi connectivity index (χ3v) is 2.16. The van der Waals surface area contributed by atoms with Gasteiger partial charge in [-0.3, -0.25) is 0 Å². The minimum Gasteiger partial charge on any atom is -0.337 e. The Balaban J connectivity index is 2.34. The van der Waals surface area contributed by atoms with Crippen molar-refractivity contribution in [2.24, 2.45) is 0 Å². The molecule has 17 heavy (non-hydrogen) atoms. The van der Waals surface area contributed by atoms with E-state index in [2.05, 4.69) is 20.5 Å². The Hall–Kier alpha value is -1.53. The smallest absolute Gasteiger partial charge is 0.245 e. The maximum atomic E-state index is 12.9. The van der Waals surface area contributed by atoms with E-state index in [1.807, 2.05) is 0 Å². The first-order valence-electron chi connectivity index (χ1n) is 4.33. The van der Waals surface area contributed by atoms with Crippen LogP contribution in [0.3, 0.4) is 0 Å². The Labute approximate surface area is 105 Å². The molecule has 0 unspecified atom stereocenters. The van der Waals surface area contributed by atoms with Crippen LogP contribution in [0.15, 0.2) is 18.2 Å². The summed E-state index contributed by atoms with van der Waals surface area (Å²) in [6.07, 6.45) is 0. The van der Waals surface area contributed by atoms with E-state index in [-0.39, 0.29) is 21.9 Å². The van der Waals surface area contributed by atoms with Crippen LogP contribution in [0.2, 0.25) is 10.4 Å². The summed E-state index contributed by atoms with van der Waals surface area (Å²) in [4.78, 5) is 3.73. The van der Waals surface area contributed by atoms with E-state index < -0.39 is 11.6 Å². The van der Waals surface area contributed by atoms with Crippen LogP contribution in [0.4, 0.5) is 20.3 Å². The molecule has 0 radical (unpaired) electrons. The van der Waals surface area contributed by atoms with E-state index in [1.54, 1.807) is 0 Å². The zero-order valence-corrected chi connectivity index (χ0v) is 9.60. The lowest BCUT2D eigenvalue weighted by molar-refractivity contribution is 0.584. The molecule has 0 spiro atoms. The van der Waals surface area contributed by atoms with E-state index in [4.69, 9.17) is 23.2 Å². The van der Waals surface area contributed by atoms with Crippen molar-refractivity contribution in [1.29, 1.82) is 0 Å². The van der Waals surface area contributed by atoms with Crippen molar-refractivity contribution >= 4 is 34.7 Å². The third kappa shape index (κ3) is 2.98. The summed E-state index contributed by atoms with van der Waals surface area (Å²) in [5, 5.41) is 9.29. The van der Waals surface area contributed by atoms with E-state index in [9.17, 15) is 8.78 Å². The topological polar surface area (TPSA) is 50.7 Å². The number of hydrogen-bond donors (Lipinski definition) is 1. The van der Waals surface area contributed by atoms with Gasteiger partial charge in [-0.25, -0.2) is 8.78 Å². The summed E-state index contributed by atoms with van der Waals surface area (Å²) in [6, 6.07) is 2.91. The van der Waals surface area contributed by atoms with Gasteiger partial charge in [0.2, 0.25) is 5.28 Å². The number of anilines is 2. The van der Waals surface area contributed by atoms with Crippen LogP contribution in [-0.2, 0) is 0 Å². The molecule has 1 aromatic carbocycles. The van der Waals surface area contributed by atoms with Gasteiger partial charge < -0.3 is 5.32 Å². The molecule has 0 bridgehead atoms. The summed E-state index contributed by atoms with van der Waals surface area (Å²) in [5.41, 5.74) is 0.140. The van der Waals surface area contributed by atoms with Gasteiger partial charge in [0.15, 0.2) is 11.0 Å². The maximum absolute atomic E-state index is 12.9. The number of halogens is 4. The lowest BCUT2D eigenvalue weighted by Gasteiger charge is -2.06. The van der Waals surface area contributed by atoms with Crippen molar-refractivity contribution in [1.82, 2.24) is 15.2 Å². The number of aromatic nitrogens is 3. The van der Waals surface area contributed by atoms with E-state index in [0.717, 1.165) is 18.2 Å². The molecule has 8 heteroatoms. The standard InChI is InChI=1S/C9H4Cl2F2N4/c10-7-8(15-9(11)17-16-7)14-6-2-4(12)1-5(13)3-6/h1-3H,(H,14,15,17). The zero-order valence-electron chi connectivity index (χ0n) is 8.09. The van der Waals surface area contributed by atoms with Crippen LogP contribution in [-0.4, -0.2) is 15.2 Å². The normalized spacial score (nSPS) is 10.4. The second-order valence-corrected chi connectivity index (χ2v) is 3.70. The predicted octanol–water partition coefficient (Wildman–Crippen LogP) is 3.20. The fourth-order valence-electron chi connectivity index (χ4n) is 1.14. The molecule has 0 fully saturated rings. The van der Waals surface area contributed by atoms with E-state index in [0.29, 0.717) is 0 Å². The molecule has 1 heterocycles. The lowest BCUT2D eigenvalue weighted by atomic mass is 10.3. The molecule has 88 valence electrons. The molecule has 1 aromatic heterocycles. The minimum atomic E-state index is -0.725. The average Bonchev–Trinajstić information content (AvgIpc) is 2.22. The molecule has 0 aliphatic rings. The van der Waals surface area contributed by atoms with Gasteiger partial charge in [0, 0.05) is 11.8 Å². The van der Waals surface area contributed by atoms with Crippen molar-refractivity contribution in [3.05, 3.63) is 40.3 Å². The molecule has 2 aromatic rings. The predicted molar refractivity (Wildman–Crippen MR) is 59.5 cm³/mol. The molecule has 0 atom stereocenters. The monoisotopic (exact) mass is 276 g/mol. The summed E-state index contributed by atoms with van der Waals surface area (Å²) < 4.78 is 25.8. The number of benzene rings is 1. The first-order chi connectivity index (χ1) is 8.04. The quantitative estimate of drug-likeness (QED) is 0.915. The van der Waals surface area contributed by atoms with Gasteiger partial charge in [0.25, 0.3) is 0 Å². The van der Waals surface area contributed by atoms with Crippen molar-refractivity contribution < 1.29 is 8.78 Å². The van der Waals surface area contributed by atoms with Crippen LogP contribution in [0, 0.1) is 11.6 Å². The van der Waals surface area contributed by atoms with Crippen molar-refractivity contribution in [3.63, 3.8) is 0 Å². The fourth-order valence-corrected chi connectivity index (χ4v) is 1.39. The third-order valence-electron chi connectivity index (χ3n) is 1.75. The highest BCUT2D eigenvalue weighted by atomic mass is 35.5.